The molecule has 1 saturated heterocycles. The van der Waals surface area contributed by atoms with Crippen LogP contribution in [0.1, 0.15) is 12.1 Å². The van der Waals surface area contributed by atoms with Crippen LogP contribution in [-0.2, 0) is 0 Å². The van der Waals surface area contributed by atoms with Gasteiger partial charge in [0.2, 0.25) is 0 Å². The summed E-state index contributed by atoms with van der Waals surface area (Å²) in [5.41, 5.74) is 0.828. The Morgan fingerprint density at radius 3 is 3.13 bits per heavy atom. The van der Waals surface area contributed by atoms with Crippen molar-refractivity contribution in [2.45, 2.75) is 13.3 Å². The minimum absolute atomic E-state index is 0.381. The second-order valence-corrected chi connectivity index (χ2v) is 4.17. The summed E-state index contributed by atoms with van der Waals surface area (Å²) in [7, 11) is 0. The number of hydrogen-bond donors (Lipinski definition) is 1. The molecule has 0 saturated carbocycles. The molecule has 2 rings (SSSR count). The summed E-state index contributed by atoms with van der Waals surface area (Å²) >= 11 is 5.80. The number of nitrogens with one attached hydrogen (secondary N) is 1. The lowest BCUT2D eigenvalue weighted by atomic mass is 10.1. The summed E-state index contributed by atoms with van der Waals surface area (Å²) in [5, 5.41) is 3.72. The van der Waals surface area contributed by atoms with Crippen LogP contribution in [0.3, 0.4) is 0 Å². The van der Waals surface area contributed by atoms with E-state index in [-0.39, 0.29) is 0 Å². The van der Waals surface area contributed by atoms with E-state index < -0.39 is 0 Å². The maximum atomic E-state index is 5.80. The maximum Gasteiger partial charge on any atom is 0.318 e. The number of aryl methyl sites for hydroxylation is 1. The van der Waals surface area contributed by atoms with Crippen LogP contribution in [0, 0.1) is 12.8 Å². The summed E-state index contributed by atoms with van der Waals surface area (Å²) in [6, 6.07) is 2.10. The molecule has 4 nitrogen and oxygen atoms in total. The quantitative estimate of drug-likeness (QED) is 0.794. The summed E-state index contributed by atoms with van der Waals surface area (Å²) < 4.78 is 5.50. The number of halogens is 1. The summed E-state index contributed by atoms with van der Waals surface area (Å²) in [6.07, 6.45) is 1.15. The van der Waals surface area contributed by atoms with Crippen molar-refractivity contribution in [1.82, 2.24) is 15.3 Å². The Labute approximate surface area is 94.0 Å². The summed E-state index contributed by atoms with van der Waals surface area (Å²) in [4.78, 5) is 8.16. The lowest BCUT2D eigenvalue weighted by Gasteiger charge is -2.09. The molecule has 0 bridgehead atoms. The van der Waals surface area contributed by atoms with Crippen molar-refractivity contribution in [2.75, 3.05) is 19.7 Å². The number of rotatable bonds is 3. The van der Waals surface area contributed by atoms with E-state index in [1.807, 2.05) is 6.92 Å². The van der Waals surface area contributed by atoms with Crippen LogP contribution < -0.4 is 10.1 Å². The van der Waals surface area contributed by atoms with Gasteiger partial charge in [0.1, 0.15) is 5.15 Å². The molecule has 2 heterocycles. The van der Waals surface area contributed by atoms with Gasteiger partial charge in [0.15, 0.2) is 0 Å². The normalized spacial score (nSPS) is 20.5. The number of ether oxygens (including phenoxy) is 1. The molecular formula is C10H14ClN3O. The van der Waals surface area contributed by atoms with E-state index >= 15 is 0 Å². The minimum atomic E-state index is 0.381. The molecular weight excluding hydrogens is 214 g/mol. The molecule has 1 atom stereocenters. The first-order chi connectivity index (χ1) is 7.24. The predicted octanol–water partition coefficient (Wildman–Crippen LogP) is 1.43. The second-order valence-electron chi connectivity index (χ2n) is 3.78. The van der Waals surface area contributed by atoms with Crippen molar-refractivity contribution >= 4 is 11.6 Å². The van der Waals surface area contributed by atoms with Crippen molar-refractivity contribution in [2.24, 2.45) is 5.92 Å². The highest BCUT2D eigenvalue weighted by molar-refractivity contribution is 6.29. The maximum absolute atomic E-state index is 5.80. The van der Waals surface area contributed by atoms with E-state index in [0.29, 0.717) is 23.7 Å². The van der Waals surface area contributed by atoms with Gasteiger partial charge in [-0.1, -0.05) is 11.6 Å². The van der Waals surface area contributed by atoms with Crippen molar-refractivity contribution in [3.8, 4) is 6.01 Å². The predicted molar refractivity (Wildman–Crippen MR) is 58.3 cm³/mol. The van der Waals surface area contributed by atoms with Crippen molar-refractivity contribution in [3.63, 3.8) is 0 Å². The average Bonchev–Trinajstić information content (AvgIpc) is 2.65. The molecule has 0 radical (unpaired) electrons. The molecule has 1 N–H and O–H groups in total. The smallest absolute Gasteiger partial charge is 0.318 e. The van der Waals surface area contributed by atoms with Crippen molar-refractivity contribution in [1.29, 1.82) is 0 Å². The molecule has 1 fully saturated rings. The van der Waals surface area contributed by atoms with Gasteiger partial charge in [0.25, 0.3) is 0 Å². The van der Waals surface area contributed by atoms with Crippen LogP contribution >= 0.6 is 11.6 Å². The lowest BCUT2D eigenvalue weighted by Crippen LogP contribution is -2.16. The fourth-order valence-corrected chi connectivity index (χ4v) is 1.85. The van der Waals surface area contributed by atoms with Gasteiger partial charge in [-0.2, -0.15) is 4.98 Å². The third kappa shape index (κ3) is 3.04. The first kappa shape index (κ1) is 10.6. The third-order valence-electron chi connectivity index (χ3n) is 2.41. The zero-order chi connectivity index (χ0) is 10.7. The van der Waals surface area contributed by atoms with E-state index in [4.69, 9.17) is 16.3 Å². The summed E-state index contributed by atoms with van der Waals surface area (Å²) in [6.45, 7) is 4.62. The highest BCUT2D eigenvalue weighted by atomic mass is 35.5. The van der Waals surface area contributed by atoms with E-state index in [1.165, 1.54) is 0 Å². The fraction of sp³-hybridized carbons (Fsp3) is 0.600. The van der Waals surface area contributed by atoms with Gasteiger partial charge in [0, 0.05) is 18.2 Å². The van der Waals surface area contributed by atoms with Crippen molar-refractivity contribution < 1.29 is 4.74 Å². The molecule has 1 aliphatic heterocycles. The molecule has 1 aromatic heterocycles. The number of nitrogens with zero attached hydrogens (tertiary/aromatic N) is 2. The van der Waals surface area contributed by atoms with Gasteiger partial charge in [-0.25, -0.2) is 4.98 Å². The molecule has 5 heteroatoms. The molecule has 1 aromatic rings. The van der Waals surface area contributed by atoms with E-state index in [2.05, 4.69) is 15.3 Å². The van der Waals surface area contributed by atoms with Crippen LogP contribution in [0.15, 0.2) is 6.07 Å². The number of aromatic nitrogens is 2. The van der Waals surface area contributed by atoms with Crippen LogP contribution in [0.25, 0.3) is 0 Å². The SMILES string of the molecule is Cc1cc(Cl)nc(OCC2CCNC2)n1. The Morgan fingerprint density at radius 2 is 2.47 bits per heavy atom. The highest BCUT2D eigenvalue weighted by Crippen LogP contribution is 2.13. The van der Waals surface area contributed by atoms with Crippen molar-refractivity contribution in [3.05, 3.63) is 16.9 Å². The van der Waals surface area contributed by atoms with Crippen LogP contribution in [-0.4, -0.2) is 29.7 Å². The van der Waals surface area contributed by atoms with Gasteiger partial charge in [-0.15, -0.1) is 0 Å². The Kier molecular flexibility index (Phi) is 3.38. The Hall–Kier alpha value is -0.870. The van der Waals surface area contributed by atoms with E-state index in [0.717, 1.165) is 25.2 Å². The molecule has 15 heavy (non-hydrogen) atoms. The molecule has 0 amide bonds. The average molecular weight is 228 g/mol. The largest absolute Gasteiger partial charge is 0.463 e. The first-order valence-corrected chi connectivity index (χ1v) is 5.46. The molecule has 1 aliphatic rings. The monoisotopic (exact) mass is 227 g/mol. The standard InChI is InChI=1S/C10H14ClN3O/c1-7-4-9(11)14-10(13-7)15-6-8-2-3-12-5-8/h4,8,12H,2-3,5-6H2,1H3. The minimum Gasteiger partial charge on any atom is -0.463 e. The Bertz CT molecular complexity index is 319. The van der Waals surface area contributed by atoms with E-state index in [1.54, 1.807) is 6.07 Å². The highest BCUT2D eigenvalue weighted by Gasteiger charge is 2.15. The molecule has 0 spiro atoms. The second kappa shape index (κ2) is 4.77. The zero-order valence-corrected chi connectivity index (χ0v) is 9.42. The van der Waals surface area contributed by atoms with Crippen LogP contribution in [0.5, 0.6) is 6.01 Å². The fourth-order valence-electron chi connectivity index (χ4n) is 1.62. The summed E-state index contributed by atoms with van der Waals surface area (Å²) in [5.74, 6) is 0.563. The Morgan fingerprint density at radius 1 is 1.60 bits per heavy atom. The molecule has 0 aliphatic carbocycles. The lowest BCUT2D eigenvalue weighted by molar-refractivity contribution is 0.241. The third-order valence-corrected chi connectivity index (χ3v) is 2.61. The van der Waals surface area contributed by atoms with Crippen LogP contribution in [0.4, 0.5) is 0 Å². The van der Waals surface area contributed by atoms with Gasteiger partial charge in [-0.05, 0) is 26.0 Å². The number of hydrogen-bond acceptors (Lipinski definition) is 4. The molecule has 1 unspecified atom stereocenters. The van der Waals surface area contributed by atoms with E-state index in [9.17, 15) is 0 Å². The van der Waals surface area contributed by atoms with Gasteiger partial charge >= 0.3 is 6.01 Å². The van der Waals surface area contributed by atoms with Gasteiger partial charge in [0.05, 0.1) is 6.61 Å². The molecule has 0 aromatic carbocycles. The first-order valence-electron chi connectivity index (χ1n) is 5.09. The molecule has 82 valence electrons. The van der Waals surface area contributed by atoms with Gasteiger partial charge < -0.3 is 10.1 Å². The zero-order valence-electron chi connectivity index (χ0n) is 8.66. The van der Waals surface area contributed by atoms with Gasteiger partial charge in [-0.3, -0.25) is 0 Å². The van der Waals surface area contributed by atoms with Crippen LogP contribution in [0.2, 0.25) is 5.15 Å². The Balaban J connectivity index is 1.92. The topological polar surface area (TPSA) is 47.0 Å².